The van der Waals surface area contributed by atoms with E-state index >= 15 is 0 Å². The van der Waals surface area contributed by atoms with E-state index in [0.717, 1.165) is 11.0 Å². The molecule has 30 heavy (non-hydrogen) atoms. The monoisotopic (exact) mass is 430 g/mol. The second-order valence-electron chi connectivity index (χ2n) is 7.84. The van der Waals surface area contributed by atoms with Crippen molar-refractivity contribution in [3.05, 3.63) is 48.0 Å². The molecule has 2 N–H and O–H groups in total. The lowest BCUT2D eigenvalue weighted by atomic mass is 10.1. The fraction of sp³-hybridized carbons (Fsp3) is 0.333. The molecule has 0 spiro atoms. The van der Waals surface area contributed by atoms with E-state index in [1.54, 1.807) is 20.8 Å². The van der Waals surface area contributed by atoms with Crippen LogP contribution in [0.4, 0.5) is 5.95 Å². The Balaban J connectivity index is 1.98. The van der Waals surface area contributed by atoms with Crippen LogP contribution in [0.3, 0.4) is 0 Å². The van der Waals surface area contributed by atoms with E-state index < -0.39 is 21.5 Å². The minimum Gasteiger partial charge on any atom is -0.495 e. The van der Waals surface area contributed by atoms with Crippen molar-refractivity contribution in [1.82, 2.24) is 14.3 Å². The first-order chi connectivity index (χ1) is 14.1. The van der Waals surface area contributed by atoms with Gasteiger partial charge in [0.05, 0.1) is 18.1 Å². The Kier molecular flexibility index (Phi) is 5.87. The predicted octanol–water partition coefficient (Wildman–Crippen LogP) is 3.39. The molecular weight excluding hydrogens is 404 g/mol. The summed E-state index contributed by atoms with van der Waals surface area (Å²) in [6.45, 7) is 7.79. The summed E-state index contributed by atoms with van der Waals surface area (Å²) in [6, 6.07) is 11.9. The molecular formula is C21H26N4O4S. The average molecular weight is 431 g/mol. The maximum absolute atomic E-state index is 12.9. The van der Waals surface area contributed by atoms with Crippen molar-refractivity contribution in [3.63, 3.8) is 0 Å². The summed E-state index contributed by atoms with van der Waals surface area (Å²) in [7, 11) is -2.52. The van der Waals surface area contributed by atoms with E-state index in [-0.39, 0.29) is 16.2 Å². The first-order valence-corrected chi connectivity index (χ1v) is 11.0. The maximum Gasteiger partial charge on any atom is 0.258 e. The Morgan fingerprint density at radius 1 is 1.17 bits per heavy atom. The van der Waals surface area contributed by atoms with E-state index in [9.17, 15) is 13.2 Å². The molecule has 0 radical (unpaired) electrons. The molecule has 0 aliphatic heterocycles. The first-order valence-electron chi connectivity index (χ1n) is 9.54. The number of aryl methyl sites for hydroxylation is 1. The Morgan fingerprint density at radius 2 is 1.87 bits per heavy atom. The lowest BCUT2D eigenvalue weighted by molar-refractivity contribution is 0.102. The Bertz CT molecular complexity index is 1190. The van der Waals surface area contributed by atoms with Crippen LogP contribution in [-0.2, 0) is 16.6 Å². The number of carbonyl (C=O) groups is 1. The molecule has 8 nitrogen and oxygen atoms in total. The van der Waals surface area contributed by atoms with E-state index in [1.165, 1.54) is 25.3 Å². The number of hydrogen-bond donors (Lipinski definition) is 2. The molecule has 0 bridgehead atoms. The third-order valence-corrected chi connectivity index (χ3v) is 6.13. The molecule has 3 rings (SSSR count). The number of methoxy groups -OCH3 is 1. The second-order valence-corrected chi connectivity index (χ2v) is 9.49. The summed E-state index contributed by atoms with van der Waals surface area (Å²) in [4.78, 5) is 17.3. The number of aromatic nitrogens is 2. The number of carbonyl (C=O) groups excluding carboxylic acids is 1. The zero-order chi connectivity index (χ0) is 22.1. The number of anilines is 1. The molecule has 3 aromatic rings. The Morgan fingerprint density at radius 3 is 2.50 bits per heavy atom. The van der Waals surface area contributed by atoms with Gasteiger partial charge in [-0.25, -0.2) is 18.1 Å². The number of benzene rings is 2. The quantitative estimate of drug-likeness (QED) is 0.624. The summed E-state index contributed by atoms with van der Waals surface area (Å²) in [5, 5.41) is 2.79. The molecule has 0 saturated carbocycles. The number of nitrogens with one attached hydrogen (secondary N) is 2. The Hall–Kier alpha value is -2.91. The summed E-state index contributed by atoms with van der Waals surface area (Å²) < 4.78 is 35.4. The third-order valence-electron chi connectivity index (χ3n) is 4.35. The number of ether oxygens (including phenoxy) is 1. The molecule has 2 aromatic carbocycles. The number of rotatable bonds is 6. The van der Waals surface area contributed by atoms with Crippen LogP contribution in [0.25, 0.3) is 11.0 Å². The topological polar surface area (TPSA) is 102 Å². The highest BCUT2D eigenvalue weighted by atomic mass is 32.2. The highest BCUT2D eigenvalue weighted by Gasteiger charge is 2.26. The molecule has 0 atom stereocenters. The number of hydrogen-bond acceptors (Lipinski definition) is 5. The molecule has 160 valence electrons. The lowest BCUT2D eigenvalue weighted by Crippen LogP contribution is -2.40. The molecule has 0 aliphatic carbocycles. The fourth-order valence-corrected chi connectivity index (χ4v) is 4.77. The standard InChI is InChI=1S/C21H26N4O4S/c1-6-25-16-10-8-7-9-15(16)22-20(25)23-19(26)14-11-12-17(29-5)18(13-14)30(27,28)24-21(2,3)4/h7-13,24H,6H2,1-5H3,(H,22,23,26). The van der Waals surface area contributed by atoms with E-state index in [1.807, 2.05) is 35.8 Å². The molecule has 0 unspecified atom stereocenters. The van der Waals surface area contributed by atoms with Gasteiger partial charge < -0.3 is 9.30 Å². The van der Waals surface area contributed by atoms with E-state index in [2.05, 4.69) is 15.0 Å². The summed E-state index contributed by atoms with van der Waals surface area (Å²) in [5.74, 6) is 0.0932. The van der Waals surface area contributed by atoms with Gasteiger partial charge in [0.15, 0.2) is 0 Å². The van der Waals surface area contributed by atoms with Gasteiger partial charge in [-0.2, -0.15) is 0 Å². The van der Waals surface area contributed by atoms with Crippen molar-refractivity contribution in [2.75, 3.05) is 12.4 Å². The largest absolute Gasteiger partial charge is 0.495 e. The predicted molar refractivity (Wildman–Crippen MR) is 116 cm³/mol. The zero-order valence-corrected chi connectivity index (χ0v) is 18.5. The SMILES string of the molecule is CCn1c(NC(=O)c2ccc(OC)c(S(=O)(=O)NC(C)(C)C)c2)nc2ccccc21. The van der Waals surface area contributed by atoms with Gasteiger partial charge in [-0.3, -0.25) is 10.1 Å². The van der Waals surface area contributed by atoms with Crippen LogP contribution in [0.1, 0.15) is 38.1 Å². The third kappa shape index (κ3) is 4.47. The fourth-order valence-electron chi connectivity index (χ4n) is 3.15. The summed E-state index contributed by atoms with van der Waals surface area (Å²) >= 11 is 0. The van der Waals surface area contributed by atoms with Crippen LogP contribution in [0, 0.1) is 0 Å². The molecule has 0 aliphatic rings. The Labute approximate surface area is 176 Å². The number of para-hydroxylation sites is 2. The van der Waals surface area contributed by atoms with Gasteiger partial charge in [0.25, 0.3) is 5.91 Å². The van der Waals surface area contributed by atoms with Gasteiger partial charge in [-0.15, -0.1) is 0 Å². The number of sulfonamides is 1. The minimum absolute atomic E-state index is 0.100. The van der Waals surface area contributed by atoms with Gasteiger partial charge in [-0.1, -0.05) is 12.1 Å². The van der Waals surface area contributed by atoms with Crippen molar-refractivity contribution in [1.29, 1.82) is 0 Å². The number of fused-ring (bicyclic) bond motifs is 1. The highest BCUT2D eigenvalue weighted by molar-refractivity contribution is 7.89. The van der Waals surface area contributed by atoms with Crippen molar-refractivity contribution >= 4 is 32.9 Å². The zero-order valence-electron chi connectivity index (χ0n) is 17.7. The van der Waals surface area contributed by atoms with Crippen molar-refractivity contribution < 1.29 is 17.9 Å². The van der Waals surface area contributed by atoms with E-state index in [0.29, 0.717) is 12.5 Å². The van der Waals surface area contributed by atoms with Crippen LogP contribution in [-0.4, -0.2) is 36.5 Å². The van der Waals surface area contributed by atoms with Crippen LogP contribution in [0.15, 0.2) is 47.4 Å². The van der Waals surface area contributed by atoms with Gasteiger partial charge in [0.1, 0.15) is 10.6 Å². The second kappa shape index (κ2) is 8.08. The minimum atomic E-state index is -3.90. The van der Waals surface area contributed by atoms with Crippen molar-refractivity contribution in [2.24, 2.45) is 0 Å². The molecule has 1 amide bonds. The van der Waals surface area contributed by atoms with Gasteiger partial charge >= 0.3 is 0 Å². The smallest absolute Gasteiger partial charge is 0.258 e. The lowest BCUT2D eigenvalue weighted by Gasteiger charge is -2.21. The maximum atomic E-state index is 12.9. The molecule has 1 heterocycles. The normalized spacial score (nSPS) is 12.2. The molecule has 0 saturated heterocycles. The van der Waals surface area contributed by atoms with Crippen LogP contribution >= 0.6 is 0 Å². The summed E-state index contributed by atoms with van der Waals surface area (Å²) in [5.41, 5.74) is 1.16. The number of amides is 1. The van der Waals surface area contributed by atoms with Crippen LogP contribution in [0.5, 0.6) is 5.75 Å². The van der Waals surface area contributed by atoms with Gasteiger partial charge in [0, 0.05) is 17.6 Å². The first kappa shape index (κ1) is 21.8. The van der Waals surface area contributed by atoms with Crippen LogP contribution in [0.2, 0.25) is 0 Å². The van der Waals surface area contributed by atoms with Crippen molar-refractivity contribution in [2.45, 2.75) is 44.7 Å². The van der Waals surface area contributed by atoms with E-state index in [4.69, 9.17) is 4.74 Å². The van der Waals surface area contributed by atoms with Crippen LogP contribution < -0.4 is 14.8 Å². The molecule has 1 aromatic heterocycles. The van der Waals surface area contributed by atoms with Gasteiger partial charge in [-0.05, 0) is 58.0 Å². The average Bonchev–Trinajstić information content (AvgIpc) is 3.02. The molecule has 9 heteroatoms. The summed E-state index contributed by atoms with van der Waals surface area (Å²) in [6.07, 6.45) is 0. The number of imidazole rings is 1. The molecule has 0 fully saturated rings. The van der Waals surface area contributed by atoms with Gasteiger partial charge in [0.2, 0.25) is 16.0 Å². The highest BCUT2D eigenvalue weighted by Crippen LogP contribution is 2.27. The van der Waals surface area contributed by atoms with Crippen molar-refractivity contribution in [3.8, 4) is 5.75 Å². The number of nitrogens with zero attached hydrogens (tertiary/aromatic N) is 2.